The van der Waals surface area contributed by atoms with Crippen LogP contribution in [0.4, 0.5) is 0 Å². The van der Waals surface area contributed by atoms with E-state index in [1.54, 1.807) is 6.07 Å². The zero-order valence-electron chi connectivity index (χ0n) is 12.5. The van der Waals surface area contributed by atoms with E-state index < -0.39 is 0 Å². The molecule has 0 radical (unpaired) electrons. The summed E-state index contributed by atoms with van der Waals surface area (Å²) in [6.45, 7) is 3.64. The molecule has 2 atom stereocenters. The van der Waals surface area contributed by atoms with Gasteiger partial charge in [-0.1, -0.05) is 37.1 Å². The maximum Gasteiger partial charge on any atom is 0.277 e. The molecule has 1 aliphatic rings. The lowest BCUT2D eigenvalue weighted by atomic mass is 9.86. The molecule has 1 aromatic carbocycles. The first kappa shape index (κ1) is 14.2. The van der Waals surface area contributed by atoms with Gasteiger partial charge in [-0.3, -0.25) is 4.79 Å². The second-order valence-corrected chi connectivity index (χ2v) is 5.96. The molecule has 1 N–H and O–H groups in total. The lowest BCUT2D eigenvalue weighted by Gasteiger charge is -2.29. The summed E-state index contributed by atoms with van der Waals surface area (Å²) >= 11 is 0. The van der Waals surface area contributed by atoms with Crippen molar-refractivity contribution in [2.75, 3.05) is 6.54 Å². The van der Waals surface area contributed by atoms with Crippen LogP contribution >= 0.6 is 0 Å². The van der Waals surface area contributed by atoms with Gasteiger partial charge in [-0.05, 0) is 30.9 Å². The summed E-state index contributed by atoms with van der Waals surface area (Å²) in [7, 11) is 0. The fourth-order valence-corrected chi connectivity index (χ4v) is 3.15. The van der Waals surface area contributed by atoms with Crippen molar-refractivity contribution in [3.8, 4) is 0 Å². The first-order chi connectivity index (χ1) is 10.3. The summed E-state index contributed by atoms with van der Waals surface area (Å²) < 4.78 is 1.46. The minimum Gasteiger partial charge on any atom is -0.312 e. The Hall–Kier alpha value is -1.75. The van der Waals surface area contributed by atoms with Gasteiger partial charge in [0, 0.05) is 12.6 Å². The lowest BCUT2D eigenvalue weighted by Crippen LogP contribution is -2.40. The molecule has 0 bridgehead atoms. The molecule has 2 unspecified atom stereocenters. The normalized spacial score (nSPS) is 22.5. The summed E-state index contributed by atoms with van der Waals surface area (Å²) in [5.41, 5.74) is 0.603. The molecular formula is C16H22N4O. The predicted octanol–water partition coefficient (Wildman–Crippen LogP) is 1.96. The molecule has 1 heterocycles. The monoisotopic (exact) mass is 286 g/mol. The molecule has 0 saturated heterocycles. The number of aromatic nitrogens is 3. The summed E-state index contributed by atoms with van der Waals surface area (Å²) in [4.78, 5) is 12.3. The van der Waals surface area contributed by atoms with E-state index in [2.05, 4.69) is 22.6 Å². The van der Waals surface area contributed by atoms with Gasteiger partial charge in [-0.2, -0.15) is 0 Å². The van der Waals surface area contributed by atoms with E-state index in [1.165, 1.54) is 30.4 Å². The Morgan fingerprint density at radius 1 is 1.29 bits per heavy atom. The average Bonchev–Trinajstić information content (AvgIpc) is 2.52. The molecule has 1 saturated carbocycles. The Morgan fingerprint density at radius 2 is 2.10 bits per heavy atom. The van der Waals surface area contributed by atoms with Gasteiger partial charge in [0.05, 0.1) is 11.9 Å². The van der Waals surface area contributed by atoms with Crippen molar-refractivity contribution in [3.63, 3.8) is 0 Å². The molecule has 1 fully saturated rings. The van der Waals surface area contributed by atoms with Crippen LogP contribution in [0.15, 0.2) is 29.1 Å². The molecule has 5 nitrogen and oxygen atoms in total. The summed E-state index contributed by atoms with van der Waals surface area (Å²) in [5, 5.41) is 12.3. The largest absolute Gasteiger partial charge is 0.312 e. The zero-order valence-corrected chi connectivity index (χ0v) is 12.5. The van der Waals surface area contributed by atoms with Crippen LogP contribution in [-0.4, -0.2) is 27.6 Å². The lowest BCUT2D eigenvalue weighted by molar-refractivity contribution is 0.276. The zero-order chi connectivity index (χ0) is 14.7. The van der Waals surface area contributed by atoms with Gasteiger partial charge in [0.25, 0.3) is 5.56 Å². The number of fused-ring (bicyclic) bond motifs is 1. The maximum atomic E-state index is 12.3. The van der Waals surface area contributed by atoms with Gasteiger partial charge in [0.15, 0.2) is 0 Å². The number of nitrogens with one attached hydrogen (secondary N) is 1. The van der Waals surface area contributed by atoms with Crippen LogP contribution in [0.1, 0.15) is 32.6 Å². The number of hydrogen-bond donors (Lipinski definition) is 1. The van der Waals surface area contributed by atoms with Gasteiger partial charge in [0.1, 0.15) is 5.52 Å². The molecule has 5 heteroatoms. The van der Waals surface area contributed by atoms with E-state index >= 15 is 0 Å². The van der Waals surface area contributed by atoms with Crippen LogP contribution in [0, 0.1) is 5.92 Å². The second kappa shape index (κ2) is 6.35. The molecule has 0 aliphatic heterocycles. The Balaban J connectivity index is 1.65. The van der Waals surface area contributed by atoms with E-state index in [-0.39, 0.29) is 5.56 Å². The van der Waals surface area contributed by atoms with Gasteiger partial charge >= 0.3 is 0 Å². The van der Waals surface area contributed by atoms with Crippen molar-refractivity contribution in [2.45, 2.75) is 45.2 Å². The van der Waals surface area contributed by atoms with E-state index in [1.807, 2.05) is 18.2 Å². The number of nitrogens with zero attached hydrogens (tertiary/aromatic N) is 3. The third-order valence-electron chi connectivity index (χ3n) is 4.47. The Morgan fingerprint density at radius 3 is 2.95 bits per heavy atom. The molecule has 1 aromatic heterocycles. The van der Waals surface area contributed by atoms with Gasteiger partial charge < -0.3 is 5.32 Å². The molecular weight excluding hydrogens is 264 g/mol. The van der Waals surface area contributed by atoms with E-state index in [9.17, 15) is 4.79 Å². The minimum atomic E-state index is -0.0564. The maximum absolute atomic E-state index is 12.3. The molecule has 2 aromatic rings. The van der Waals surface area contributed by atoms with Crippen LogP contribution in [0.5, 0.6) is 0 Å². The van der Waals surface area contributed by atoms with Crippen molar-refractivity contribution >= 4 is 10.9 Å². The highest BCUT2D eigenvalue weighted by molar-refractivity contribution is 5.76. The third kappa shape index (κ3) is 3.13. The Labute approximate surface area is 124 Å². The van der Waals surface area contributed by atoms with Crippen molar-refractivity contribution < 1.29 is 0 Å². The van der Waals surface area contributed by atoms with Gasteiger partial charge in [-0.15, -0.1) is 5.10 Å². The SMILES string of the molecule is CC1CCCCC1NCCn1nnc2ccccc2c1=O. The quantitative estimate of drug-likeness (QED) is 0.933. The summed E-state index contributed by atoms with van der Waals surface area (Å²) in [5.74, 6) is 0.721. The highest BCUT2D eigenvalue weighted by atomic mass is 16.1. The van der Waals surface area contributed by atoms with Crippen LogP contribution in [0.2, 0.25) is 0 Å². The standard InChI is InChI=1S/C16H22N4O/c1-12-6-2-4-8-14(12)17-10-11-20-16(21)13-7-3-5-9-15(13)18-19-20/h3,5,7,9,12,14,17H,2,4,6,8,10-11H2,1H3. The highest BCUT2D eigenvalue weighted by Crippen LogP contribution is 2.23. The Kier molecular flexibility index (Phi) is 4.29. The minimum absolute atomic E-state index is 0.0564. The van der Waals surface area contributed by atoms with Crippen LogP contribution in [-0.2, 0) is 6.54 Å². The smallest absolute Gasteiger partial charge is 0.277 e. The predicted molar refractivity (Wildman–Crippen MR) is 83.2 cm³/mol. The van der Waals surface area contributed by atoms with Gasteiger partial charge in [0.2, 0.25) is 0 Å². The van der Waals surface area contributed by atoms with E-state index in [4.69, 9.17) is 0 Å². The molecule has 3 rings (SSSR count). The number of hydrogen-bond acceptors (Lipinski definition) is 4. The summed E-state index contributed by atoms with van der Waals surface area (Å²) in [6.07, 6.45) is 5.18. The first-order valence-corrected chi connectivity index (χ1v) is 7.81. The third-order valence-corrected chi connectivity index (χ3v) is 4.47. The van der Waals surface area contributed by atoms with Crippen molar-refractivity contribution in [3.05, 3.63) is 34.6 Å². The summed E-state index contributed by atoms with van der Waals surface area (Å²) in [6, 6.07) is 7.92. The van der Waals surface area contributed by atoms with Gasteiger partial charge in [-0.25, -0.2) is 4.68 Å². The molecule has 112 valence electrons. The van der Waals surface area contributed by atoms with Crippen LogP contribution in [0.25, 0.3) is 10.9 Å². The van der Waals surface area contributed by atoms with E-state index in [0.29, 0.717) is 23.5 Å². The Bertz CT molecular complexity index is 667. The molecule has 0 spiro atoms. The van der Waals surface area contributed by atoms with Crippen LogP contribution in [0.3, 0.4) is 0 Å². The van der Waals surface area contributed by atoms with Crippen molar-refractivity contribution in [2.24, 2.45) is 5.92 Å². The average molecular weight is 286 g/mol. The molecule has 21 heavy (non-hydrogen) atoms. The second-order valence-electron chi connectivity index (χ2n) is 5.96. The van der Waals surface area contributed by atoms with Crippen LogP contribution < -0.4 is 10.9 Å². The molecule has 1 aliphatic carbocycles. The topological polar surface area (TPSA) is 59.8 Å². The van der Waals surface area contributed by atoms with E-state index in [0.717, 1.165) is 12.5 Å². The van der Waals surface area contributed by atoms with Crippen molar-refractivity contribution in [1.82, 2.24) is 20.3 Å². The number of benzene rings is 1. The fraction of sp³-hybridized carbons (Fsp3) is 0.562. The highest BCUT2D eigenvalue weighted by Gasteiger charge is 2.20. The van der Waals surface area contributed by atoms with Crippen molar-refractivity contribution in [1.29, 1.82) is 0 Å². The fourth-order valence-electron chi connectivity index (χ4n) is 3.15. The first-order valence-electron chi connectivity index (χ1n) is 7.81. The number of rotatable bonds is 4. The molecule has 0 amide bonds.